The van der Waals surface area contributed by atoms with Crippen LogP contribution < -0.4 is 14.5 Å². The number of nitrogens with zero attached hydrogens (tertiary/aromatic N) is 4. The number of halogens is 3. The Balaban J connectivity index is 1.67. The standard InChI is InChI=1S/C26H28ClF2N5O6S2/c1-26(2,3)40-25(37)34(23-13-41-14-30-23)42(38,39)22-10-17(27)20(11-18(22)29)31-19-6-5-15(28)9-21(19)33-8-7-16(12-33)32(4)24(35)36/h5-6,9-11,13-14,16,31H,7-8,12H2,1-4H3,(H,35,36). The number of likely N-dealkylation sites (N-methyl/N-ethyl adjacent to an activating group) is 1. The Kier molecular flexibility index (Phi) is 8.85. The van der Waals surface area contributed by atoms with E-state index in [1.165, 1.54) is 41.0 Å². The van der Waals surface area contributed by atoms with Crippen LogP contribution in [-0.4, -0.2) is 67.4 Å². The first kappa shape index (κ1) is 31.3. The Morgan fingerprint density at radius 2 is 1.93 bits per heavy atom. The smallest absolute Gasteiger partial charge is 0.430 e. The van der Waals surface area contributed by atoms with E-state index in [0.29, 0.717) is 24.3 Å². The quantitative estimate of drug-likeness (QED) is 0.312. The normalized spacial score (nSPS) is 15.4. The molecule has 0 bridgehead atoms. The molecule has 0 saturated carbocycles. The van der Waals surface area contributed by atoms with Crippen molar-refractivity contribution in [2.75, 3.05) is 34.7 Å². The molecule has 2 amide bonds. The van der Waals surface area contributed by atoms with Crippen molar-refractivity contribution in [3.05, 3.63) is 57.9 Å². The Labute approximate surface area is 250 Å². The minimum absolute atomic E-state index is 0.0307. The van der Waals surface area contributed by atoms with Crippen LogP contribution in [-0.2, 0) is 14.8 Å². The summed E-state index contributed by atoms with van der Waals surface area (Å²) in [6.07, 6.45) is -1.86. The average Bonchev–Trinajstić information content (AvgIpc) is 3.58. The highest BCUT2D eigenvalue weighted by atomic mass is 35.5. The third kappa shape index (κ3) is 6.68. The molecule has 1 aliphatic rings. The first-order chi connectivity index (χ1) is 19.6. The van der Waals surface area contributed by atoms with Gasteiger partial charge in [0.05, 0.1) is 33.6 Å². The summed E-state index contributed by atoms with van der Waals surface area (Å²) in [6.45, 7) is 5.36. The summed E-state index contributed by atoms with van der Waals surface area (Å²) >= 11 is 7.44. The number of sulfonamides is 1. The number of thiazole rings is 1. The molecule has 0 aliphatic carbocycles. The third-order valence-corrected chi connectivity index (χ3v) is 8.88. The molecule has 0 spiro atoms. The molecule has 2 heterocycles. The fraction of sp³-hybridized carbons (Fsp3) is 0.346. The summed E-state index contributed by atoms with van der Waals surface area (Å²) in [5, 5.41) is 13.3. The molecule has 2 aromatic carbocycles. The number of ether oxygens (including phenoxy) is 1. The van der Waals surface area contributed by atoms with Gasteiger partial charge in [0.2, 0.25) is 0 Å². The SMILES string of the molecule is CN(C(=O)O)C1CCN(c2cc(F)ccc2Nc2cc(F)c(S(=O)(=O)N(C(=O)OC(C)(C)C)c3cscn3)cc2Cl)C1. The van der Waals surface area contributed by atoms with Crippen LogP contribution in [0.25, 0.3) is 0 Å². The van der Waals surface area contributed by atoms with Gasteiger partial charge in [0, 0.05) is 31.6 Å². The molecule has 1 atom stereocenters. The first-order valence-corrected chi connectivity index (χ1v) is 15.3. The van der Waals surface area contributed by atoms with E-state index in [-0.39, 0.29) is 33.4 Å². The van der Waals surface area contributed by atoms with Gasteiger partial charge in [-0.1, -0.05) is 11.6 Å². The van der Waals surface area contributed by atoms with E-state index in [0.717, 1.165) is 23.5 Å². The summed E-state index contributed by atoms with van der Waals surface area (Å²) in [4.78, 5) is 30.3. The Hall–Kier alpha value is -3.69. The maximum Gasteiger partial charge on any atom is 0.430 e. The molecule has 1 aliphatic heterocycles. The fourth-order valence-electron chi connectivity index (χ4n) is 4.30. The molecule has 1 unspecified atom stereocenters. The number of carboxylic acid groups (broad SMARTS) is 1. The molecule has 2 N–H and O–H groups in total. The van der Waals surface area contributed by atoms with Crippen molar-refractivity contribution in [2.24, 2.45) is 0 Å². The van der Waals surface area contributed by atoms with Crippen molar-refractivity contribution in [3.8, 4) is 0 Å². The van der Waals surface area contributed by atoms with Crippen LogP contribution >= 0.6 is 22.9 Å². The summed E-state index contributed by atoms with van der Waals surface area (Å²) in [5.41, 5.74) is 0.919. The third-order valence-electron chi connectivity index (χ3n) is 6.31. The van der Waals surface area contributed by atoms with Crippen LogP contribution in [0.1, 0.15) is 27.2 Å². The lowest BCUT2D eigenvalue weighted by molar-refractivity contribution is 0.0608. The van der Waals surface area contributed by atoms with Gasteiger partial charge in [-0.2, -0.15) is 0 Å². The van der Waals surface area contributed by atoms with E-state index in [2.05, 4.69) is 10.3 Å². The lowest BCUT2D eigenvalue weighted by Crippen LogP contribution is -2.41. The van der Waals surface area contributed by atoms with Gasteiger partial charge in [0.1, 0.15) is 22.1 Å². The number of aromatic nitrogens is 1. The second-order valence-electron chi connectivity index (χ2n) is 10.4. The predicted molar refractivity (Wildman–Crippen MR) is 156 cm³/mol. The number of carbonyl (C=O) groups is 2. The highest BCUT2D eigenvalue weighted by Gasteiger charge is 2.38. The Morgan fingerprint density at radius 3 is 2.55 bits per heavy atom. The molecule has 11 nitrogen and oxygen atoms in total. The molecule has 1 fully saturated rings. The molecular formula is C26H28ClF2N5O6S2. The predicted octanol–water partition coefficient (Wildman–Crippen LogP) is 6.14. The number of anilines is 4. The van der Waals surface area contributed by atoms with Gasteiger partial charge in [-0.15, -0.1) is 15.6 Å². The van der Waals surface area contributed by atoms with Crippen molar-refractivity contribution in [2.45, 2.75) is 43.7 Å². The van der Waals surface area contributed by atoms with Gasteiger partial charge in [-0.25, -0.2) is 31.8 Å². The van der Waals surface area contributed by atoms with Crippen molar-refractivity contribution in [3.63, 3.8) is 0 Å². The van der Waals surface area contributed by atoms with Crippen LogP contribution in [0, 0.1) is 11.6 Å². The maximum atomic E-state index is 15.5. The second kappa shape index (κ2) is 11.9. The summed E-state index contributed by atoms with van der Waals surface area (Å²) in [6, 6.07) is 5.22. The Morgan fingerprint density at radius 1 is 1.21 bits per heavy atom. The second-order valence-corrected chi connectivity index (χ2v) is 13.3. The molecule has 1 saturated heterocycles. The monoisotopic (exact) mass is 643 g/mol. The van der Waals surface area contributed by atoms with E-state index in [4.69, 9.17) is 16.3 Å². The Bertz CT molecular complexity index is 1600. The van der Waals surface area contributed by atoms with Gasteiger partial charge in [-0.05, 0) is 51.5 Å². The fourth-order valence-corrected chi connectivity index (χ4v) is 6.50. The summed E-state index contributed by atoms with van der Waals surface area (Å²) in [5.74, 6) is -2.05. The molecular weight excluding hydrogens is 616 g/mol. The van der Waals surface area contributed by atoms with Gasteiger partial charge >= 0.3 is 12.2 Å². The van der Waals surface area contributed by atoms with E-state index < -0.39 is 44.3 Å². The van der Waals surface area contributed by atoms with Crippen LogP contribution in [0.3, 0.4) is 0 Å². The van der Waals surface area contributed by atoms with E-state index in [9.17, 15) is 27.5 Å². The van der Waals surface area contributed by atoms with Crippen LogP contribution in [0.5, 0.6) is 0 Å². The van der Waals surface area contributed by atoms with Gasteiger partial charge in [0.25, 0.3) is 10.0 Å². The van der Waals surface area contributed by atoms with E-state index in [1.807, 2.05) is 0 Å². The number of nitrogens with one attached hydrogen (secondary N) is 1. The molecule has 42 heavy (non-hydrogen) atoms. The summed E-state index contributed by atoms with van der Waals surface area (Å²) < 4.78 is 62.4. The number of rotatable bonds is 7. The highest BCUT2D eigenvalue weighted by Crippen LogP contribution is 2.37. The number of amides is 2. The number of hydrogen-bond donors (Lipinski definition) is 2. The van der Waals surface area contributed by atoms with Crippen LogP contribution in [0.2, 0.25) is 5.02 Å². The van der Waals surface area contributed by atoms with Crippen molar-refractivity contribution < 1.29 is 36.6 Å². The average molecular weight is 644 g/mol. The molecule has 0 radical (unpaired) electrons. The molecule has 1 aromatic heterocycles. The number of hydrogen-bond acceptors (Lipinski definition) is 9. The number of benzene rings is 2. The van der Waals surface area contributed by atoms with E-state index >= 15 is 4.39 Å². The van der Waals surface area contributed by atoms with Gasteiger partial charge in [-0.3, -0.25) is 0 Å². The first-order valence-electron chi connectivity index (χ1n) is 12.5. The number of carbonyl (C=O) groups excluding carboxylic acids is 1. The van der Waals surface area contributed by atoms with Crippen molar-refractivity contribution in [1.29, 1.82) is 0 Å². The molecule has 4 rings (SSSR count). The largest absolute Gasteiger partial charge is 0.465 e. The minimum Gasteiger partial charge on any atom is -0.465 e. The van der Waals surface area contributed by atoms with E-state index in [1.54, 1.807) is 25.7 Å². The van der Waals surface area contributed by atoms with Crippen molar-refractivity contribution >= 4 is 68.0 Å². The lowest BCUT2D eigenvalue weighted by atomic mass is 10.2. The zero-order chi connectivity index (χ0) is 31.0. The lowest BCUT2D eigenvalue weighted by Gasteiger charge is -2.26. The highest BCUT2D eigenvalue weighted by molar-refractivity contribution is 7.93. The van der Waals surface area contributed by atoms with Gasteiger partial charge in [0.15, 0.2) is 5.82 Å². The topological polar surface area (TPSA) is 132 Å². The summed E-state index contributed by atoms with van der Waals surface area (Å²) in [7, 11) is -3.43. The van der Waals surface area contributed by atoms with Gasteiger partial charge < -0.3 is 25.0 Å². The molecule has 3 aromatic rings. The zero-order valence-electron chi connectivity index (χ0n) is 23.0. The minimum atomic E-state index is -4.88. The van der Waals surface area contributed by atoms with Crippen LogP contribution in [0.4, 0.5) is 41.2 Å². The maximum absolute atomic E-state index is 15.5. The zero-order valence-corrected chi connectivity index (χ0v) is 25.4. The van der Waals surface area contributed by atoms with Crippen LogP contribution in [0.15, 0.2) is 46.1 Å². The molecule has 226 valence electrons. The van der Waals surface area contributed by atoms with Crippen molar-refractivity contribution in [1.82, 2.24) is 9.88 Å². The molecule has 16 heteroatoms.